The SMILES string of the molecule is CCCCCCCCCCCCCCCCCCc1n(C)cc[n+]1CC. The molecule has 2 heteroatoms. The van der Waals surface area contributed by atoms with Crippen molar-refractivity contribution in [1.29, 1.82) is 0 Å². The molecule has 0 fully saturated rings. The Labute approximate surface area is 164 Å². The first-order valence-corrected chi connectivity index (χ1v) is 11.8. The molecule has 1 rings (SSSR count). The van der Waals surface area contributed by atoms with Crippen molar-refractivity contribution in [2.75, 3.05) is 0 Å². The zero-order valence-corrected chi connectivity index (χ0v) is 18.3. The predicted octanol–water partition coefficient (Wildman–Crippen LogP) is 7.14. The van der Waals surface area contributed by atoms with Crippen LogP contribution in [0.4, 0.5) is 0 Å². The smallest absolute Gasteiger partial charge is 0.237 e. The summed E-state index contributed by atoms with van der Waals surface area (Å²) in [5.74, 6) is 1.48. The van der Waals surface area contributed by atoms with Crippen molar-refractivity contribution in [2.45, 2.75) is 130 Å². The van der Waals surface area contributed by atoms with Crippen LogP contribution in [0.2, 0.25) is 0 Å². The third kappa shape index (κ3) is 11.0. The van der Waals surface area contributed by atoms with Gasteiger partial charge >= 0.3 is 0 Å². The van der Waals surface area contributed by atoms with Crippen LogP contribution in [0.25, 0.3) is 0 Å². The van der Waals surface area contributed by atoms with Crippen molar-refractivity contribution < 1.29 is 4.57 Å². The lowest BCUT2D eigenvalue weighted by atomic mass is 10.0. The van der Waals surface area contributed by atoms with E-state index in [1.165, 1.54) is 115 Å². The van der Waals surface area contributed by atoms with E-state index in [1.807, 2.05) is 0 Å². The first-order chi connectivity index (χ1) is 12.8. The Balaban J connectivity index is 1.80. The van der Waals surface area contributed by atoms with Gasteiger partial charge in [0.05, 0.1) is 13.6 Å². The molecule has 0 saturated carbocycles. The van der Waals surface area contributed by atoms with Gasteiger partial charge in [-0.2, -0.15) is 0 Å². The van der Waals surface area contributed by atoms with Crippen molar-refractivity contribution in [3.8, 4) is 0 Å². The summed E-state index contributed by atoms with van der Waals surface area (Å²) < 4.78 is 4.67. The van der Waals surface area contributed by atoms with Gasteiger partial charge in [-0.15, -0.1) is 0 Å². The molecule has 152 valence electrons. The Morgan fingerprint density at radius 3 is 1.50 bits per heavy atom. The van der Waals surface area contributed by atoms with Gasteiger partial charge in [0.15, 0.2) is 0 Å². The molecule has 1 heterocycles. The predicted molar refractivity (Wildman–Crippen MR) is 115 cm³/mol. The normalized spacial score (nSPS) is 11.3. The molecule has 0 aliphatic rings. The fraction of sp³-hybridized carbons (Fsp3) is 0.875. The van der Waals surface area contributed by atoms with E-state index in [0.717, 1.165) is 6.54 Å². The maximum Gasteiger partial charge on any atom is 0.256 e. The van der Waals surface area contributed by atoms with Crippen molar-refractivity contribution in [3.05, 3.63) is 18.2 Å². The molecule has 26 heavy (non-hydrogen) atoms. The largest absolute Gasteiger partial charge is 0.256 e. The number of imidazole rings is 1. The molecule has 0 N–H and O–H groups in total. The van der Waals surface area contributed by atoms with Crippen LogP contribution in [-0.2, 0) is 20.0 Å². The molecule has 0 aliphatic heterocycles. The van der Waals surface area contributed by atoms with Gasteiger partial charge in [0, 0.05) is 6.42 Å². The van der Waals surface area contributed by atoms with Gasteiger partial charge in [0.1, 0.15) is 12.4 Å². The number of hydrogen-bond acceptors (Lipinski definition) is 0. The van der Waals surface area contributed by atoms with E-state index < -0.39 is 0 Å². The maximum absolute atomic E-state index is 2.38. The van der Waals surface area contributed by atoms with E-state index >= 15 is 0 Å². The van der Waals surface area contributed by atoms with Crippen molar-refractivity contribution in [2.24, 2.45) is 7.05 Å². The molecule has 0 unspecified atom stereocenters. The molecule has 0 radical (unpaired) electrons. The molecule has 0 saturated heterocycles. The van der Waals surface area contributed by atoms with Gasteiger partial charge in [0.2, 0.25) is 0 Å². The van der Waals surface area contributed by atoms with Crippen LogP contribution < -0.4 is 4.57 Å². The van der Waals surface area contributed by atoms with E-state index in [1.54, 1.807) is 0 Å². The highest BCUT2D eigenvalue weighted by molar-refractivity contribution is 4.82. The monoisotopic (exact) mass is 363 g/mol. The molecule has 1 aromatic heterocycles. The molecule has 0 aromatic carbocycles. The highest BCUT2D eigenvalue weighted by Crippen LogP contribution is 2.14. The second-order valence-corrected chi connectivity index (χ2v) is 8.16. The van der Waals surface area contributed by atoms with Gasteiger partial charge < -0.3 is 0 Å². The Kier molecular flexibility index (Phi) is 14.7. The van der Waals surface area contributed by atoms with Crippen LogP contribution in [0.5, 0.6) is 0 Å². The minimum atomic E-state index is 1.09. The summed E-state index contributed by atoms with van der Waals surface area (Å²) in [5, 5.41) is 0. The molecule has 0 bridgehead atoms. The second-order valence-electron chi connectivity index (χ2n) is 8.16. The Bertz CT molecular complexity index is 422. The molecule has 0 aliphatic carbocycles. The zero-order valence-electron chi connectivity index (χ0n) is 18.3. The molecule has 0 spiro atoms. The van der Waals surface area contributed by atoms with E-state index in [9.17, 15) is 0 Å². The first-order valence-electron chi connectivity index (χ1n) is 11.8. The van der Waals surface area contributed by atoms with Gasteiger partial charge in [-0.1, -0.05) is 103 Å². The van der Waals surface area contributed by atoms with E-state index in [-0.39, 0.29) is 0 Å². The van der Waals surface area contributed by atoms with Gasteiger partial charge in [0.25, 0.3) is 5.82 Å². The van der Waals surface area contributed by atoms with Crippen LogP contribution in [0.1, 0.15) is 122 Å². The third-order valence-electron chi connectivity index (χ3n) is 5.80. The van der Waals surface area contributed by atoms with Gasteiger partial charge in [-0.05, 0) is 13.3 Å². The quantitative estimate of drug-likeness (QED) is 0.194. The van der Waals surface area contributed by atoms with E-state index in [2.05, 4.69) is 42.4 Å². The average molecular weight is 364 g/mol. The Hall–Kier alpha value is -0.790. The molecule has 0 atom stereocenters. The molecular formula is C24H47N2+. The lowest BCUT2D eigenvalue weighted by Crippen LogP contribution is -2.35. The van der Waals surface area contributed by atoms with Crippen LogP contribution >= 0.6 is 0 Å². The summed E-state index contributed by atoms with van der Waals surface area (Å²) in [6.07, 6.45) is 28.7. The molecule has 1 aromatic rings. The minimum Gasteiger partial charge on any atom is -0.237 e. The summed E-state index contributed by atoms with van der Waals surface area (Å²) in [6.45, 7) is 5.62. The van der Waals surface area contributed by atoms with Gasteiger partial charge in [-0.3, -0.25) is 0 Å². The second kappa shape index (κ2) is 16.4. The summed E-state index contributed by atoms with van der Waals surface area (Å²) >= 11 is 0. The lowest BCUT2D eigenvalue weighted by molar-refractivity contribution is -0.700. The third-order valence-corrected chi connectivity index (χ3v) is 5.80. The highest BCUT2D eigenvalue weighted by Gasteiger charge is 2.11. The van der Waals surface area contributed by atoms with Crippen molar-refractivity contribution in [3.63, 3.8) is 0 Å². The van der Waals surface area contributed by atoms with Crippen LogP contribution in [0.15, 0.2) is 12.4 Å². The number of nitrogens with zero attached hydrogens (tertiary/aromatic N) is 2. The number of rotatable bonds is 18. The fourth-order valence-corrected chi connectivity index (χ4v) is 3.99. The first kappa shape index (κ1) is 23.2. The minimum absolute atomic E-state index is 1.09. The number of hydrogen-bond donors (Lipinski definition) is 0. The van der Waals surface area contributed by atoms with E-state index in [4.69, 9.17) is 0 Å². The summed E-state index contributed by atoms with van der Waals surface area (Å²) in [4.78, 5) is 0. The number of unbranched alkanes of at least 4 members (excludes halogenated alkanes) is 15. The maximum atomic E-state index is 2.38. The van der Waals surface area contributed by atoms with E-state index in [0.29, 0.717) is 0 Å². The van der Waals surface area contributed by atoms with Crippen LogP contribution in [0.3, 0.4) is 0 Å². The Morgan fingerprint density at radius 1 is 0.654 bits per heavy atom. The Morgan fingerprint density at radius 2 is 1.08 bits per heavy atom. The van der Waals surface area contributed by atoms with Crippen molar-refractivity contribution >= 4 is 0 Å². The van der Waals surface area contributed by atoms with Crippen molar-refractivity contribution in [1.82, 2.24) is 4.57 Å². The van der Waals surface area contributed by atoms with Crippen LogP contribution in [-0.4, -0.2) is 4.57 Å². The standard InChI is InChI=1S/C24H47N2/c1-4-6-7-8-9-10-11-12-13-14-15-16-17-18-19-20-21-24-25(3)22-23-26(24)5-2/h22-23H,4-21H2,1-3H3/q+1. The summed E-state index contributed by atoms with van der Waals surface area (Å²) in [6, 6.07) is 0. The number of aryl methyl sites for hydroxylation is 2. The van der Waals surface area contributed by atoms with Gasteiger partial charge in [-0.25, -0.2) is 9.13 Å². The fourth-order valence-electron chi connectivity index (χ4n) is 3.99. The highest BCUT2D eigenvalue weighted by atomic mass is 15.1. The average Bonchev–Trinajstić information content (AvgIpc) is 3.01. The summed E-state index contributed by atoms with van der Waals surface area (Å²) in [7, 11) is 2.17. The zero-order chi connectivity index (χ0) is 18.9. The molecule has 2 nitrogen and oxygen atoms in total. The van der Waals surface area contributed by atoms with Crippen LogP contribution in [0, 0.1) is 0 Å². The summed E-state index contributed by atoms with van der Waals surface area (Å²) in [5.41, 5.74) is 0. The molecular weight excluding hydrogens is 316 g/mol. The topological polar surface area (TPSA) is 8.81 Å². The lowest BCUT2D eigenvalue weighted by Gasteiger charge is -2.04. The molecule has 0 amide bonds. The number of aromatic nitrogens is 2.